The lowest BCUT2D eigenvalue weighted by Crippen LogP contribution is -2.28. The number of anilines is 1. The van der Waals surface area contributed by atoms with E-state index in [0.29, 0.717) is 17.3 Å². The number of hydrogen-bond acceptors (Lipinski definition) is 2. The van der Waals surface area contributed by atoms with Crippen molar-refractivity contribution in [1.29, 1.82) is 0 Å². The molecule has 3 N–H and O–H groups in total. The van der Waals surface area contributed by atoms with Crippen LogP contribution in [0.4, 0.5) is 5.69 Å². The minimum Gasteiger partial charge on any atom is -0.397 e. The quantitative estimate of drug-likeness (QED) is 0.818. The fourth-order valence-corrected chi connectivity index (χ4v) is 2.37. The van der Waals surface area contributed by atoms with E-state index in [-0.39, 0.29) is 5.91 Å². The second kappa shape index (κ2) is 4.60. The molecular formula is C12H19N3O. The fraction of sp³-hybridized carbons (Fsp3) is 0.583. The number of carbonyl (C=O) groups is 1. The molecule has 1 atom stereocenters. The van der Waals surface area contributed by atoms with Crippen LogP contribution in [0.5, 0.6) is 0 Å². The number of likely N-dealkylation sites (tertiary alicyclic amines) is 1. The van der Waals surface area contributed by atoms with Crippen molar-refractivity contribution in [3.63, 3.8) is 0 Å². The molecule has 0 saturated carbocycles. The Morgan fingerprint density at radius 1 is 1.69 bits per heavy atom. The van der Waals surface area contributed by atoms with Crippen molar-refractivity contribution in [2.24, 2.45) is 5.92 Å². The maximum atomic E-state index is 12.0. The van der Waals surface area contributed by atoms with E-state index in [1.807, 2.05) is 4.90 Å². The summed E-state index contributed by atoms with van der Waals surface area (Å²) in [5.74, 6) is 0.761. The van der Waals surface area contributed by atoms with Crippen LogP contribution in [0.2, 0.25) is 0 Å². The lowest BCUT2D eigenvalue weighted by atomic mass is 10.0. The first-order valence-corrected chi connectivity index (χ1v) is 5.94. The molecular weight excluding hydrogens is 202 g/mol. The van der Waals surface area contributed by atoms with Crippen molar-refractivity contribution >= 4 is 11.6 Å². The van der Waals surface area contributed by atoms with E-state index in [9.17, 15) is 4.79 Å². The monoisotopic (exact) mass is 221 g/mol. The molecule has 16 heavy (non-hydrogen) atoms. The SMILES string of the molecule is CCCC1CCN(C(=O)c2cc(N)c[nH]2)C1. The Kier molecular flexibility index (Phi) is 3.17. The highest BCUT2D eigenvalue weighted by molar-refractivity contribution is 5.93. The predicted octanol–water partition coefficient (Wildman–Crippen LogP) is 1.86. The summed E-state index contributed by atoms with van der Waals surface area (Å²) in [6, 6.07) is 1.70. The van der Waals surface area contributed by atoms with E-state index in [2.05, 4.69) is 11.9 Å². The first kappa shape index (κ1) is 11.0. The van der Waals surface area contributed by atoms with E-state index < -0.39 is 0 Å². The zero-order chi connectivity index (χ0) is 11.5. The van der Waals surface area contributed by atoms with Gasteiger partial charge in [0.15, 0.2) is 0 Å². The molecule has 2 heterocycles. The molecule has 0 aliphatic carbocycles. The molecule has 4 heteroatoms. The molecule has 0 radical (unpaired) electrons. The van der Waals surface area contributed by atoms with Crippen molar-refractivity contribution in [2.75, 3.05) is 18.8 Å². The number of nitrogens with one attached hydrogen (secondary N) is 1. The summed E-state index contributed by atoms with van der Waals surface area (Å²) in [7, 11) is 0. The minimum atomic E-state index is 0.0790. The number of H-pyrrole nitrogens is 1. The zero-order valence-corrected chi connectivity index (χ0v) is 9.70. The Bertz CT molecular complexity index is 372. The molecule has 0 spiro atoms. The normalized spacial score (nSPS) is 20.3. The minimum absolute atomic E-state index is 0.0790. The number of hydrogen-bond donors (Lipinski definition) is 2. The lowest BCUT2D eigenvalue weighted by Gasteiger charge is -2.15. The van der Waals surface area contributed by atoms with Crippen LogP contribution in [0.3, 0.4) is 0 Å². The number of nitrogens with two attached hydrogens (primary N) is 1. The average molecular weight is 221 g/mol. The number of aromatic amines is 1. The topological polar surface area (TPSA) is 62.1 Å². The third-order valence-corrected chi connectivity index (χ3v) is 3.21. The highest BCUT2D eigenvalue weighted by Crippen LogP contribution is 2.22. The Hall–Kier alpha value is -1.45. The van der Waals surface area contributed by atoms with Crippen LogP contribution in [0, 0.1) is 5.92 Å². The summed E-state index contributed by atoms with van der Waals surface area (Å²) >= 11 is 0. The van der Waals surface area contributed by atoms with Gasteiger partial charge in [0.25, 0.3) is 5.91 Å². The van der Waals surface area contributed by atoms with Gasteiger partial charge in [-0.25, -0.2) is 0 Å². The molecule has 1 fully saturated rings. The molecule has 1 aromatic heterocycles. The van der Waals surface area contributed by atoms with Crippen LogP contribution in [-0.2, 0) is 0 Å². The molecule has 88 valence electrons. The Morgan fingerprint density at radius 3 is 3.12 bits per heavy atom. The Labute approximate surface area is 95.8 Å². The predicted molar refractivity (Wildman–Crippen MR) is 64.1 cm³/mol. The van der Waals surface area contributed by atoms with Gasteiger partial charge in [-0.15, -0.1) is 0 Å². The van der Waals surface area contributed by atoms with Crippen LogP contribution < -0.4 is 5.73 Å². The summed E-state index contributed by atoms with van der Waals surface area (Å²) in [6.07, 6.45) is 5.21. The molecule has 0 bridgehead atoms. The molecule has 0 aromatic carbocycles. The smallest absolute Gasteiger partial charge is 0.270 e. The van der Waals surface area contributed by atoms with Crippen LogP contribution in [0.15, 0.2) is 12.3 Å². The van der Waals surface area contributed by atoms with Crippen molar-refractivity contribution in [1.82, 2.24) is 9.88 Å². The van der Waals surface area contributed by atoms with Gasteiger partial charge < -0.3 is 15.6 Å². The van der Waals surface area contributed by atoms with Gasteiger partial charge in [-0.05, 0) is 24.8 Å². The van der Waals surface area contributed by atoms with Crippen molar-refractivity contribution in [3.05, 3.63) is 18.0 Å². The van der Waals surface area contributed by atoms with Gasteiger partial charge in [0.05, 0.1) is 0 Å². The zero-order valence-electron chi connectivity index (χ0n) is 9.70. The molecule has 1 saturated heterocycles. The molecule has 4 nitrogen and oxygen atoms in total. The maximum absolute atomic E-state index is 12.0. The van der Waals surface area contributed by atoms with Gasteiger partial charge in [-0.2, -0.15) is 0 Å². The van der Waals surface area contributed by atoms with Crippen LogP contribution in [-0.4, -0.2) is 28.9 Å². The van der Waals surface area contributed by atoms with Crippen molar-refractivity contribution in [3.8, 4) is 0 Å². The van der Waals surface area contributed by atoms with Gasteiger partial charge in [0, 0.05) is 25.0 Å². The molecule has 2 rings (SSSR count). The summed E-state index contributed by atoms with van der Waals surface area (Å²) < 4.78 is 0. The van der Waals surface area contributed by atoms with Gasteiger partial charge in [-0.1, -0.05) is 13.3 Å². The fourth-order valence-electron chi connectivity index (χ4n) is 2.37. The summed E-state index contributed by atoms with van der Waals surface area (Å²) in [5, 5.41) is 0. The lowest BCUT2D eigenvalue weighted by molar-refractivity contribution is 0.0781. The number of carbonyl (C=O) groups excluding carboxylic acids is 1. The second-order valence-electron chi connectivity index (χ2n) is 4.54. The molecule has 1 unspecified atom stereocenters. The van der Waals surface area contributed by atoms with Gasteiger partial charge in [-0.3, -0.25) is 4.79 Å². The summed E-state index contributed by atoms with van der Waals surface area (Å²) in [5.41, 5.74) is 6.81. The summed E-state index contributed by atoms with van der Waals surface area (Å²) in [4.78, 5) is 16.9. The Morgan fingerprint density at radius 2 is 2.50 bits per heavy atom. The van der Waals surface area contributed by atoms with Gasteiger partial charge in [0.1, 0.15) is 5.69 Å². The first-order valence-electron chi connectivity index (χ1n) is 5.94. The third kappa shape index (κ3) is 2.21. The van der Waals surface area contributed by atoms with Gasteiger partial charge in [0.2, 0.25) is 0 Å². The Balaban J connectivity index is 1.97. The number of nitrogen functional groups attached to an aromatic ring is 1. The number of aromatic nitrogens is 1. The molecule has 1 amide bonds. The number of amides is 1. The highest BCUT2D eigenvalue weighted by Gasteiger charge is 2.26. The van der Waals surface area contributed by atoms with Crippen LogP contribution in [0.25, 0.3) is 0 Å². The third-order valence-electron chi connectivity index (χ3n) is 3.21. The summed E-state index contributed by atoms with van der Waals surface area (Å²) in [6.45, 7) is 3.96. The van der Waals surface area contributed by atoms with E-state index in [1.54, 1.807) is 12.3 Å². The molecule has 1 aromatic rings. The van der Waals surface area contributed by atoms with E-state index >= 15 is 0 Å². The molecule has 1 aliphatic heterocycles. The van der Waals surface area contributed by atoms with Crippen LogP contribution >= 0.6 is 0 Å². The standard InChI is InChI=1S/C12H19N3O/c1-2-3-9-4-5-15(8-9)12(16)11-6-10(13)7-14-11/h6-7,9,14H,2-5,8,13H2,1H3. The maximum Gasteiger partial charge on any atom is 0.270 e. The van der Waals surface area contributed by atoms with Crippen LogP contribution in [0.1, 0.15) is 36.7 Å². The van der Waals surface area contributed by atoms with E-state index in [1.165, 1.54) is 12.8 Å². The van der Waals surface area contributed by atoms with Gasteiger partial charge >= 0.3 is 0 Å². The van der Waals surface area contributed by atoms with Crippen molar-refractivity contribution < 1.29 is 4.79 Å². The molecule has 1 aliphatic rings. The average Bonchev–Trinajstić information content (AvgIpc) is 2.87. The highest BCUT2D eigenvalue weighted by atomic mass is 16.2. The van der Waals surface area contributed by atoms with E-state index in [4.69, 9.17) is 5.73 Å². The first-order chi connectivity index (χ1) is 7.70. The second-order valence-corrected chi connectivity index (χ2v) is 4.54. The largest absolute Gasteiger partial charge is 0.397 e. The van der Waals surface area contributed by atoms with E-state index in [0.717, 1.165) is 19.5 Å². The number of nitrogens with zero attached hydrogens (tertiary/aromatic N) is 1. The number of rotatable bonds is 3. The van der Waals surface area contributed by atoms with Crippen molar-refractivity contribution in [2.45, 2.75) is 26.2 Å².